The Labute approximate surface area is 114 Å². The van der Waals surface area contributed by atoms with E-state index in [2.05, 4.69) is 45.5 Å². The van der Waals surface area contributed by atoms with E-state index in [1.165, 1.54) is 4.70 Å². The Bertz CT molecular complexity index is 598. The van der Waals surface area contributed by atoms with Crippen molar-refractivity contribution in [2.24, 2.45) is 0 Å². The molecule has 2 aromatic heterocycles. The third kappa shape index (κ3) is 2.58. The molecule has 3 rings (SSSR count). The summed E-state index contributed by atoms with van der Waals surface area (Å²) >= 11 is 3.41. The summed E-state index contributed by atoms with van der Waals surface area (Å²) in [7, 11) is 2.10. The third-order valence-corrected chi connectivity index (χ3v) is 4.32. The molecule has 0 saturated heterocycles. The predicted octanol–water partition coefficient (Wildman–Crippen LogP) is 3.38. The number of nitrogens with zero attached hydrogens (tertiary/aromatic N) is 3. The first-order valence-corrected chi connectivity index (χ1v) is 7.47. The molecule has 0 fully saturated rings. The molecule has 0 amide bonds. The fourth-order valence-electron chi connectivity index (χ4n) is 1.87. The van der Waals surface area contributed by atoms with Gasteiger partial charge in [0.15, 0.2) is 0 Å². The molecule has 0 unspecified atom stereocenters. The van der Waals surface area contributed by atoms with Crippen LogP contribution < -0.4 is 0 Å². The smallest absolute Gasteiger partial charge is 0.108 e. The fraction of sp³-hybridized carbons (Fsp3) is 0.231. The molecular formula is C13H13N3S2. The number of benzene rings is 1. The molecule has 0 radical (unpaired) electrons. The van der Waals surface area contributed by atoms with Crippen molar-refractivity contribution < 1.29 is 0 Å². The van der Waals surface area contributed by atoms with Crippen LogP contribution in [0.2, 0.25) is 0 Å². The molecule has 3 nitrogen and oxygen atoms in total. The Hall–Kier alpha value is -1.30. The van der Waals surface area contributed by atoms with Gasteiger partial charge in [-0.15, -0.1) is 22.7 Å². The minimum absolute atomic E-state index is 0.872. The summed E-state index contributed by atoms with van der Waals surface area (Å²) in [6, 6.07) is 8.28. The second-order valence-electron chi connectivity index (χ2n) is 4.23. The molecular weight excluding hydrogens is 262 g/mol. The molecule has 0 atom stereocenters. The van der Waals surface area contributed by atoms with Gasteiger partial charge < -0.3 is 0 Å². The molecule has 0 spiro atoms. The summed E-state index contributed by atoms with van der Waals surface area (Å²) in [4.78, 5) is 11.2. The number of thiazole rings is 2. The van der Waals surface area contributed by atoms with E-state index in [1.807, 2.05) is 11.6 Å². The summed E-state index contributed by atoms with van der Waals surface area (Å²) in [5.74, 6) is 0. The molecule has 0 N–H and O–H groups in total. The molecule has 0 aliphatic carbocycles. The van der Waals surface area contributed by atoms with Crippen molar-refractivity contribution >= 4 is 32.9 Å². The normalized spacial score (nSPS) is 11.4. The van der Waals surface area contributed by atoms with Gasteiger partial charge in [-0.25, -0.2) is 9.97 Å². The summed E-state index contributed by atoms with van der Waals surface area (Å²) in [5.41, 5.74) is 4.10. The molecule has 0 bridgehead atoms. The first-order chi connectivity index (χ1) is 8.81. The summed E-state index contributed by atoms with van der Waals surface area (Å²) < 4.78 is 1.26. The quantitative estimate of drug-likeness (QED) is 0.731. The van der Waals surface area contributed by atoms with Crippen molar-refractivity contribution in [3.05, 3.63) is 45.9 Å². The highest BCUT2D eigenvalue weighted by Crippen LogP contribution is 2.22. The van der Waals surface area contributed by atoms with Gasteiger partial charge in [0, 0.05) is 11.9 Å². The van der Waals surface area contributed by atoms with E-state index in [4.69, 9.17) is 0 Å². The Morgan fingerprint density at radius 2 is 2.11 bits per heavy atom. The third-order valence-electron chi connectivity index (χ3n) is 2.66. The van der Waals surface area contributed by atoms with Crippen molar-refractivity contribution in [3.63, 3.8) is 0 Å². The maximum absolute atomic E-state index is 4.64. The monoisotopic (exact) mass is 275 g/mol. The Kier molecular flexibility index (Phi) is 3.36. The topological polar surface area (TPSA) is 29.0 Å². The number of aromatic nitrogens is 2. The number of para-hydroxylation sites is 1. The average Bonchev–Trinajstić information content (AvgIpc) is 2.96. The van der Waals surface area contributed by atoms with E-state index in [-0.39, 0.29) is 0 Å². The fourth-order valence-corrected chi connectivity index (χ4v) is 3.46. The molecule has 2 heterocycles. The minimum Gasteiger partial charge on any atom is -0.294 e. The molecule has 1 aromatic carbocycles. The second-order valence-corrected chi connectivity index (χ2v) is 6.06. The van der Waals surface area contributed by atoms with E-state index < -0.39 is 0 Å². The Balaban J connectivity index is 1.71. The average molecular weight is 275 g/mol. The van der Waals surface area contributed by atoms with E-state index >= 15 is 0 Å². The standard InChI is InChI=1S/C13H13N3S2/c1-16(6-10-8-17-9-14-10)7-13-15-11-4-2-3-5-12(11)18-13/h2-5,8-9H,6-7H2,1H3. The van der Waals surface area contributed by atoms with Gasteiger partial charge in [0.05, 0.1) is 28.0 Å². The largest absolute Gasteiger partial charge is 0.294 e. The van der Waals surface area contributed by atoms with E-state index in [9.17, 15) is 0 Å². The zero-order valence-electron chi connectivity index (χ0n) is 10.0. The number of hydrogen-bond donors (Lipinski definition) is 0. The van der Waals surface area contributed by atoms with E-state index in [0.29, 0.717) is 0 Å². The van der Waals surface area contributed by atoms with Crippen molar-refractivity contribution in [3.8, 4) is 0 Å². The number of rotatable bonds is 4. The number of fused-ring (bicyclic) bond motifs is 1. The molecule has 92 valence electrons. The van der Waals surface area contributed by atoms with Gasteiger partial charge in [0.1, 0.15) is 5.01 Å². The van der Waals surface area contributed by atoms with Crippen LogP contribution in [0.3, 0.4) is 0 Å². The Morgan fingerprint density at radius 3 is 2.89 bits per heavy atom. The van der Waals surface area contributed by atoms with Crippen LogP contribution in [-0.4, -0.2) is 21.9 Å². The zero-order valence-corrected chi connectivity index (χ0v) is 11.7. The van der Waals surface area contributed by atoms with Crippen molar-refractivity contribution in [1.82, 2.24) is 14.9 Å². The van der Waals surface area contributed by atoms with Crippen molar-refractivity contribution in [2.75, 3.05) is 7.05 Å². The van der Waals surface area contributed by atoms with Gasteiger partial charge >= 0.3 is 0 Å². The van der Waals surface area contributed by atoms with Gasteiger partial charge in [0.25, 0.3) is 0 Å². The maximum atomic E-state index is 4.64. The van der Waals surface area contributed by atoms with Crippen LogP contribution >= 0.6 is 22.7 Å². The van der Waals surface area contributed by atoms with Crippen LogP contribution in [0.1, 0.15) is 10.7 Å². The molecule has 5 heteroatoms. The highest BCUT2D eigenvalue weighted by molar-refractivity contribution is 7.18. The summed E-state index contributed by atoms with van der Waals surface area (Å²) in [5, 5.41) is 3.25. The lowest BCUT2D eigenvalue weighted by atomic mass is 10.3. The molecule has 18 heavy (non-hydrogen) atoms. The molecule has 0 aliphatic rings. The lowest BCUT2D eigenvalue weighted by molar-refractivity contribution is 0.315. The number of hydrogen-bond acceptors (Lipinski definition) is 5. The van der Waals surface area contributed by atoms with Crippen LogP contribution in [0, 0.1) is 0 Å². The maximum Gasteiger partial charge on any atom is 0.108 e. The summed E-state index contributed by atoms with van der Waals surface area (Å²) in [6.07, 6.45) is 0. The van der Waals surface area contributed by atoms with Gasteiger partial charge in [-0.3, -0.25) is 4.90 Å². The first-order valence-electron chi connectivity index (χ1n) is 5.71. The van der Waals surface area contributed by atoms with E-state index in [0.717, 1.165) is 29.3 Å². The van der Waals surface area contributed by atoms with Crippen LogP contribution in [0.4, 0.5) is 0 Å². The lowest BCUT2D eigenvalue weighted by Gasteiger charge is -2.12. The van der Waals surface area contributed by atoms with Gasteiger partial charge in [-0.05, 0) is 19.2 Å². The van der Waals surface area contributed by atoms with E-state index in [1.54, 1.807) is 22.7 Å². The van der Waals surface area contributed by atoms with Crippen LogP contribution in [0.25, 0.3) is 10.2 Å². The SMILES string of the molecule is CN(Cc1cscn1)Cc1nc2ccccc2s1. The van der Waals surface area contributed by atoms with Crippen molar-refractivity contribution in [2.45, 2.75) is 13.1 Å². The predicted molar refractivity (Wildman–Crippen MR) is 76.9 cm³/mol. The van der Waals surface area contributed by atoms with Crippen LogP contribution in [-0.2, 0) is 13.1 Å². The first kappa shape index (κ1) is 11.8. The van der Waals surface area contributed by atoms with Gasteiger partial charge in [-0.2, -0.15) is 0 Å². The molecule has 0 aliphatic heterocycles. The molecule has 0 saturated carbocycles. The highest BCUT2D eigenvalue weighted by Gasteiger charge is 2.07. The lowest BCUT2D eigenvalue weighted by Crippen LogP contribution is -2.17. The Morgan fingerprint density at radius 1 is 1.22 bits per heavy atom. The molecule has 3 aromatic rings. The minimum atomic E-state index is 0.872. The van der Waals surface area contributed by atoms with Crippen LogP contribution in [0.15, 0.2) is 35.2 Å². The zero-order chi connectivity index (χ0) is 12.4. The van der Waals surface area contributed by atoms with Gasteiger partial charge in [0.2, 0.25) is 0 Å². The van der Waals surface area contributed by atoms with Crippen LogP contribution in [0.5, 0.6) is 0 Å². The second kappa shape index (κ2) is 5.14. The summed E-state index contributed by atoms with van der Waals surface area (Å²) in [6.45, 7) is 1.75. The highest BCUT2D eigenvalue weighted by atomic mass is 32.1. The van der Waals surface area contributed by atoms with Crippen molar-refractivity contribution in [1.29, 1.82) is 0 Å². The van der Waals surface area contributed by atoms with Gasteiger partial charge in [-0.1, -0.05) is 12.1 Å².